The molecule has 0 heterocycles. The van der Waals surface area contributed by atoms with Crippen LogP contribution in [0.5, 0.6) is 0 Å². The van der Waals surface area contributed by atoms with E-state index in [4.69, 9.17) is 17.2 Å². The fraction of sp³-hybridized carbons (Fsp3) is 0. The largest absolute Gasteiger partial charge is 0.396 e. The molecule has 0 aliphatic carbocycles. The van der Waals surface area contributed by atoms with Gasteiger partial charge in [0.2, 0.25) is 0 Å². The van der Waals surface area contributed by atoms with Gasteiger partial charge in [-0.05, 0) is 12.4 Å². The summed E-state index contributed by atoms with van der Waals surface area (Å²) in [6.07, 6.45) is 4.37. The molecule has 13 heavy (non-hydrogen) atoms. The van der Waals surface area contributed by atoms with Gasteiger partial charge < -0.3 is 27.8 Å². The van der Waals surface area contributed by atoms with Gasteiger partial charge in [-0.2, -0.15) is 0 Å². The zero-order chi connectivity index (χ0) is 10.3. The van der Waals surface area contributed by atoms with Crippen molar-refractivity contribution in [1.29, 1.82) is 0 Å². The predicted octanol–water partition coefficient (Wildman–Crippen LogP) is -0.661. The zero-order valence-electron chi connectivity index (χ0n) is 7.38. The van der Waals surface area contributed by atoms with Crippen molar-refractivity contribution in [1.82, 2.24) is 10.6 Å². The highest BCUT2D eigenvalue weighted by Gasteiger charge is 1.99. The average molecular weight is 181 g/mol. The number of hydrogen-bond acceptors (Lipinski definition) is 5. The van der Waals surface area contributed by atoms with Gasteiger partial charge in [-0.3, -0.25) is 0 Å². The van der Waals surface area contributed by atoms with Gasteiger partial charge in [0.15, 0.2) is 0 Å². The normalized spacial score (nSPS) is 12.8. The molecule has 5 heteroatoms. The minimum absolute atomic E-state index is 0.259. The molecule has 0 atom stereocenters. The molecule has 0 saturated heterocycles. The van der Waals surface area contributed by atoms with Crippen LogP contribution in [-0.4, -0.2) is 0 Å². The minimum Gasteiger partial charge on any atom is -0.396 e. The summed E-state index contributed by atoms with van der Waals surface area (Å²) in [5, 5.41) is 5.30. The summed E-state index contributed by atoms with van der Waals surface area (Å²) in [5.74, 6) is 0.259. The standard InChI is InChI=1S/C8H15N5/c1-3-12-5-6(9)7(10)8(11)13-4-2/h3-5,12-13H,1-2,9-11H2/b6-5-,8-7-. The van der Waals surface area contributed by atoms with Crippen LogP contribution in [0.3, 0.4) is 0 Å². The summed E-state index contributed by atoms with van der Waals surface area (Å²) >= 11 is 0. The topological polar surface area (TPSA) is 102 Å². The zero-order valence-corrected chi connectivity index (χ0v) is 7.38. The molecule has 0 bridgehead atoms. The van der Waals surface area contributed by atoms with Crippen LogP contribution in [0.15, 0.2) is 49.0 Å². The van der Waals surface area contributed by atoms with Crippen LogP contribution in [0.4, 0.5) is 0 Å². The fourth-order valence-corrected chi connectivity index (χ4v) is 0.570. The van der Waals surface area contributed by atoms with E-state index in [-0.39, 0.29) is 11.5 Å². The van der Waals surface area contributed by atoms with E-state index in [1.165, 1.54) is 18.6 Å². The van der Waals surface area contributed by atoms with Crippen LogP contribution in [0.2, 0.25) is 0 Å². The molecule has 0 radical (unpaired) electrons. The van der Waals surface area contributed by atoms with Crippen LogP contribution in [0.1, 0.15) is 0 Å². The molecule has 72 valence electrons. The molecule has 0 aromatic carbocycles. The van der Waals surface area contributed by atoms with Gasteiger partial charge in [0, 0.05) is 6.20 Å². The summed E-state index contributed by atoms with van der Waals surface area (Å²) in [7, 11) is 0. The summed E-state index contributed by atoms with van der Waals surface area (Å²) in [4.78, 5) is 0. The van der Waals surface area contributed by atoms with Crippen LogP contribution < -0.4 is 27.8 Å². The second-order valence-corrected chi connectivity index (χ2v) is 2.15. The first-order chi connectivity index (χ1) is 6.13. The third kappa shape index (κ3) is 3.76. The summed E-state index contributed by atoms with van der Waals surface area (Å²) < 4.78 is 0. The second kappa shape index (κ2) is 5.59. The van der Waals surface area contributed by atoms with Crippen molar-refractivity contribution in [3.05, 3.63) is 49.0 Å². The molecule has 0 aliphatic heterocycles. The minimum atomic E-state index is 0.259. The first kappa shape index (κ1) is 11.0. The fourth-order valence-electron chi connectivity index (χ4n) is 0.570. The van der Waals surface area contributed by atoms with Crippen molar-refractivity contribution >= 4 is 0 Å². The SMILES string of the molecule is C=CN/C=C(N)/C(N)=C(\N)NC=C. The molecule has 5 nitrogen and oxygen atoms in total. The highest BCUT2D eigenvalue weighted by Crippen LogP contribution is 1.95. The quantitative estimate of drug-likeness (QED) is 0.362. The van der Waals surface area contributed by atoms with E-state index in [0.717, 1.165) is 0 Å². The Morgan fingerprint density at radius 1 is 1.08 bits per heavy atom. The van der Waals surface area contributed by atoms with Crippen molar-refractivity contribution in [2.24, 2.45) is 17.2 Å². The van der Waals surface area contributed by atoms with E-state index in [9.17, 15) is 0 Å². The van der Waals surface area contributed by atoms with Gasteiger partial charge in [-0.15, -0.1) is 0 Å². The van der Waals surface area contributed by atoms with E-state index in [1.807, 2.05) is 0 Å². The maximum Gasteiger partial charge on any atom is 0.126 e. The number of hydrogen-bond donors (Lipinski definition) is 5. The number of rotatable bonds is 5. The van der Waals surface area contributed by atoms with Crippen LogP contribution in [-0.2, 0) is 0 Å². The molecule has 0 rings (SSSR count). The van der Waals surface area contributed by atoms with Crippen molar-refractivity contribution in [3.63, 3.8) is 0 Å². The molecular weight excluding hydrogens is 166 g/mol. The van der Waals surface area contributed by atoms with E-state index in [2.05, 4.69) is 23.8 Å². The van der Waals surface area contributed by atoms with E-state index in [0.29, 0.717) is 5.70 Å². The molecule has 0 fully saturated rings. The van der Waals surface area contributed by atoms with E-state index >= 15 is 0 Å². The van der Waals surface area contributed by atoms with Crippen LogP contribution in [0.25, 0.3) is 0 Å². The first-order valence-corrected chi connectivity index (χ1v) is 3.59. The highest BCUT2D eigenvalue weighted by molar-refractivity contribution is 5.28. The molecular formula is C8H15N5. The van der Waals surface area contributed by atoms with Gasteiger partial charge in [0.05, 0.1) is 11.4 Å². The van der Waals surface area contributed by atoms with Crippen LogP contribution in [0, 0.1) is 0 Å². The molecule has 0 unspecified atom stereocenters. The van der Waals surface area contributed by atoms with Gasteiger partial charge >= 0.3 is 0 Å². The Hall–Kier alpha value is -2.04. The maximum atomic E-state index is 5.56. The monoisotopic (exact) mass is 181 g/mol. The Bertz CT molecular complexity index is 251. The smallest absolute Gasteiger partial charge is 0.126 e. The Balaban J connectivity index is 4.54. The molecule has 0 aromatic heterocycles. The van der Waals surface area contributed by atoms with Crippen LogP contribution >= 0.6 is 0 Å². The number of nitrogens with one attached hydrogen (secondary N) is 2. The summed E-state index contributed by atoms with van der Waals surface area (Å²) in [5.41, 5.74) is 17.2. The Labute approximate surface area is 77.7 Å². The third-order valence-corrected chi connectivity index (χ3v) is 1.22. The average Bonchev–Trinajstić information content (AvgIpc) is 2.13. The molecule has 0 spiro atoms. The lowest BCUT2D eigenvalue weighted by molar-refractivity contribution is 0.971. The van der Waals surface area contributed by atoms with Crippen molar-refractivity contribution in [2.75, 3.05) is 0 Å². The molecule has 8 N–H and O–H groups in total. The Morgan fingerprint density at radius 3 is 2.15 bits per heavy atom. The third-order valence-electron chi connectivity index (χ3n) is 1.22. The molecule has 0 saturated carbocycles. The maximum absolute atomic E-state index is 5.56. The van der Waals surface area contributed by atoms with Gasteiger partial charge in [-0.1, -0.05) is 13.2 Å². The lowest BCUT2D eigenvalue weighted by atomic mass is 10.3. The molecule has 0 amide bonds. The van der Waals surface area contributed by atoms with E-state index in [1.54, 1.807) is 0 Å². The lowest BCUT2D eigenvalue weighted by Crippen LogP contribution is -2.24. The molecule has 0 aromatic rings. The van der Waals surface area contributed by atoms with Gasteiger partial charge in [0.1, 0.15) is 5.82 Å². The highest BCUT2D eigenvalue weighted by atomic mass is 15.0. The van der Waals surface area contributed by atoms with Crippen molar-refractivity contribution in [2.45, 2.75) is 0 Å². The first-order valence-electron chi connectivity index (χ1n) is 3.59. The predicted molar refractivity (Wildman–Crippen MR) is 54.3 cm³/mol. The van der Waals surface area contributed by atoms with Crippen molar-refractivity contribution < 1.29 is 0 Å². The number of nitrogens with two attached hydrogens (primary N) is 3. The lowest BCUT2D eigenvalue weighted by Gasteiger charge is -2.06. The summed E-state index contributed by atoms with van der Waals surface area (Å²) in [6, 6.07) is 0. The Kier molecular flexibility index (Phi) is 4.71. The van der Waals surface area contributed by atoms with Gasteiger partial charge in [-0.25, -0.2) is 0 Å². The summed E-state index contributed by atoms with van der Waals surface area (Å²) in [6.45, 7) is 6.87. The molecule has 0 aliphatic rings. The van der Waals surface area contributed by atoms with Crippen molar-refractivity contribution in [3.8, 4) is 0 Å². The second-order valence-electron chi connectivity index (χ2n) is 2.15. The Morgan fingerprint density at radius 2 is 1.69 bits per heavy atom. The van der Waals surface area contributed by atoms with E-state index < -0.39 is 0 Å². The van der Waals surface area contributed by atoms with Gasteiger partial charge in [0.25, 0.3) is 0 Å².